The fourth-order valence-electron chi connectivity index (χ4n) is 2.11. The summed E-state index contributed by atoms with van der Waals surface area (Å²) in [5.74, 6) is -0.812. The van der Waals surface area contributed by atoms with Crippen LogP contribution in [-0.4, -0.2) is 22.8 Å². The van der Waals surface area contributed by atoms with Crippen molar-refractivity contribution in [3.8, 4) is 5.75 Å². The number of nitrogens with one attached hydrogen (secondary N) is 1. The Kier molecular flexibility index (Phi) is 5.62. The van der Waals surface area contributed by atoms with Crippen LogP contribution in [0.2, 0.25) is 0 Å². The minimum atomic E-state index is -0.847. The van der Waals surface area contributed by atoms with Gasteiger partial charge in [0.1, 0.15) is 11.8 Å². The van der Waals surface area contributed by atoms with Crippen LogP contribution in [0.15, 0.2) is 54.6 Å². The molecule has 0 aliphatic rings. The van der Waals surface area contributed by atoms with Crippen molar-refractivity contribution in [3.63, 3.8) is 0 Å². The molecule has 7 heteroatoms. The molecule has 0 aromatic heterocycles. The number of nitro groups is 1. The van der Waals surface area contributed by atoms with E-state index in [4.69, 9.17) is 4.74 Å². The van der Waals surface area contributed by atoms with E-state index >= 15 is 0 Å². The molecule has 1 N–H and O–H groups in total. The van der Waals surface area contributed by atoms with E-state index in [1.807, 2.05) is 30.3 Å². The number of amides is 1. The first-order valence-electron chi connectivity index (χ1n) is 7.23. The smallest absolute Gasteiger partial charge is 0.334 e. The number of hydrogen-bond acceptors (Lipinski definition) is 5. The zero-order valence-electron chi connectivity index (χ0n) is 13.0. The molecule has 0 aliphatic heterocycles. The number of esters is 1. The summed E-state index contributed by atoms with van der Waals surface area (Å²) < 4.78 is 5.21. The van der Waals surface area contributed by atoms with Crippen molar-refractivity contribution in [1.82, 2.24) is 5.32 Å². The van der Waals surface area contributed by atoms with E-state index < -0.39 is 16.9 Å². The summed E-state index contributed by atoms with van der Waals surface area (Å²) in [6.07, 6.45) is 0.284. The molecule has 0 saturated heterocycles. The zero-order valence-corrected chi connectivity index (χ0v) is 13.0. The Morgan fingerprint density at radius 1 is 1.12 bits per heavy atom. The Morgan fingerprint density at radius 3 is 2.29 bits per heavy atom. The number of ether oxygens (including phenoxy) is 1. The molecule has 2 aromatic rings. The third kappa shape index (κ3) is 4.91. The van der Waals surface area contributed by atoms with Gasteiger partial charge in [-0.1, -0.05) is 30.3 Å². The third-order valence-electron chi connectivity index (χ3n) is 3.21. The predicted molar refractivity (Wildman–Crippen MR) is 86.5 cm³/mol. The Labute approximate surface area is 138 Å². The Bertz CT molecular complexity index is 728. The maximum Gasteiger partial charge on any atom is 0.334 e. The number of carbonyl (C=O) groups is 2. The normalized spacial score (nSPS) is 11.4. The van der Waals surface area contributed by atoms with Gasteiger partial charge >= 0.3 is 5.97 Å². The first-order chi connectivity index (χ1) is 11.5. The van der Waals surface area contributed by atoms with Gasteiger partial charge in [-0.2, -0.15) is 0 Å². The van der Waals surface area contributed by atoms with Crippen LogP contribution in [0.3, 0.4) is 0 Å². The highest BCUT2D eigenvalue weighted by Crippen LogP contribution is 2.18. The molecule has 0 fully saturated rings. The first kappa shape index (κ1) is 17.1. The monoisotopic (exact) mass is 328 g/mol. The van der Waals surface area contributed by atoms with Crippen LogP contribution in [0.25, 0.3) is 0 Å². The van der Waals surface area contributed by atoms with Crippen LogP contribution in [0.5, 0.6) is 5.75 Å². The van der Waals surface area contributed by atoms with Crippen molar-refractivity contribution in [3.05, 3.63) is 70.3 Å². The van der Waals surface area contributed by atoms with E-state index in [1.165, 1.54) is 31.2 Å². The Hall–Kier alpha value is -3.22. The van der Waals surface area contributed by atoms with Crippen molar-refractivity contribution in [2.45, 2.75) is 19.4 Å². The minimum Gasteiger partial charge on any atom is -0.425 e. The van der Waals surface area contributed by atoms with Crippen LogP contribution in [0, 0.1) is 10.1 Å². The van der Waals surface area contributed by atoms with E-state index in [1.54, 1.807) is 0 Å². The molecule has 0 aliphatic carbocycles. The molecule has 0 spiro atoms. The highest BCUT2D eigenvalue weighted by atomic mass is 16.6. The lowest BCUT2D eigenvalue weighted by atomic mass is 10.1. The molecule has 1 atom stereocenters. The minimum absolute atomic E-state index is 0.0995. The van der Waals surface area contributed by atoms with Gasteiger partial charge in [0.15, 0.2) is 0 Å². The first-order valence-corrected chi connectivity index (χ1v) is 7.23. The maximum atomic E-state index is 12.3. The number of carbonyl (C=O) groups excluding carboxylic acids is 2. The van der Waals surface area contributed by atoms with E-state index in [9.17, 15) is 19.7 Å². The lowest BCUT2D eigenvalue weighted by molar-refractivity contribution is -0.384. The quantitative estimate of drug-likeness (QED) is 0.379. The average Bonchev–Trinajstić information content (AvgIpc) is 2.55. The molecule has 0 radical (unpaired) electrons. The molecule has 0 saturated carbocycles. The summed E-state index contributed by atoms with van der Waals surface area (Å²) in [6, 6.07) is 13.5. The molecule has 7 nitrogen and oxygen atoms in total. The average molecular weight is 328 g/mol. The summed E-state index contributed by atoms with van der Waals surface area (Å²) >= 11 is 0. The molecule has 0 heterocycles. The largest absolute Gasteiger partial charge is 0.425 e. The summed E-state index contributed by atoms with van der Waals surface area (Å²) in [5, 5.41) is 13.2. The van der Waals surface area contributed by atoms with Crippen LogP contribution in [0.4, 0.5) is 5.69 Å². The van der Waals surface area contributed by atoms with Gasteiger partial charge in [0.25, 0.3) is 5.69 Å². The molecule has 2 rings (SSSR count). The van der Waals surface area contributed by atoms with Crippen LogP contribution < -0.4 is 10.1 Å². The highest BCUT2D eigenvalue weighted by molar-refractivity contribution is 5.84. The van der Waals surface area contributed by atoms with Gasteiger partial charge in [0, 0.05) is 25.5 Å². The maximum absolute atomic E-state index is 12.3. The van der Waals surface area contributed by atoms with Gasteiger partial charge in [-0.05, 0) is 17.7 Å². The van der Waals surface area contributed by atoms with Gasteiger partial charge < -0.3 is 10.1 Å². The van der Waals surface area contributed by atoms with E-state index in [-0.39, 0.29) is 23.8 Å². The molecular weight excluding hydrogens is 312 g/mol. The molecule has 0 unspecified atom stereocenters. The second kappa shape index (κ2) is 7.87. The fourth-order valence-corrected chi connectivity index (χ4v) is 2.11. The Morgan fingerprint density at radius 2 is 1.75 bits per heavy atom. The number of benzene rings is 2. The third-order valence-corrected chi connectivity index (χ3v) is 3.21. The van der Waals surface area contributed by atoms with Crippen molar-refractivity contribution < 1.29 is 19.2 Å². The summed E-state index contributed by atoms with van der Waals surface area (Å²) in [7, 11) is 0. The standard InChI is InChI=1S/C17H16N2O5/c1-12(20)18-16(11-13-5-3-2-4-6-13)17(21)24-15-9-7-14(8-10-15)19(22)23/h2-10,16H,11H2,1H3,(H,18,20)/t16-/m1/s1. The topological polar surface area (TPSA) is 98.5 Å². The van der Waals surface area contributed by atoms with Crippen molar-refractivity contribution in [1.29, 1.82) is 0 Å². The van der Waals surface area contributed by atoms with Crippen molar-refractivity contribution >= 4 is 17.6 Å². The number of rotatable bonds is 6. The van der Waals surface area contributed by atoms with Crippen LogP contribution >= 0.6 is 0 Å². The second-order valence-corrected chi connectivity index (χ2v) is 5.11. The molecule has 1 amide bonds. The number of non-ortho nitro benzene ring substituents is 1. The van der Waals surface area contributed by atoms with Gasteiger partial charge in [-0.3, -0.25) is 14.9 Å². The number of hydrogen-bond donors (Lipinski definition) is 1. The molecule has 124 valence electrons. The molecule has 24 heavy (non-hydrogen) atoms. The van der Waals surface area contributed by atoms with Gasteiger partial charge in [0.05, 0.1) is 4.92 Å². The summed E-state index contributed by atoms with van der Waals surface area (Å²) in [6.45, 7) is 1.32. The second-order valence-electron chi connectivity index (χ2n) is 5.11. The van der Waals surface area contributed by atoms with Gasteiger partial charge in [0.2, 0.25) is 5.91 Å². The Balaban J connectivity index is 2.09. The zero-order chi connectivity index (χ0) is 17.5. The highest BCUT2D eigenvalue weighted by Gasteiger charge is 2.22. The lowest BCUT2D eigenvalue weighted by Crippen LogP contribution is -2.43. The number of nitro benzene ring substituents is 1. The van der Waals surface area contributed by atoms with Gasteiger partial charge in [-0.25, -0.2) is 4.79 Å². The van der Waals surface area contributed by atoms with Crippen molar-refractivity contribution in [2.24, 2.45) is 0 Å². The van der Waals surface area contributed by atoms with Crippen molar-refractivity contribution in [2.75, 3.05) is 0 Å². The van der Waals surface area contributed by atoms with Crippen LogP contribution in [-0.2, 0) is 16.0 Å². The fraction of sp³-hybridized carbons (Fsp3) is 0.176. The summed E-state index contributed by atoms with van der Waals surface area (Å²) in [5.41, 5.74) is 0.773. The van der Waals surface area contributed by atoms with E-state index in [0.29, 0.717) is 0 Å². The van der Waals surface area contributed by atoms with E-state index in [0.717, 1.165) is 5.56 Å². The molecule has 2 aromatic carbocycles. The molecule has 0 bridgehead atoms. The molecular formula is C17H16N2O5. The van der Waals surface area contributed by atoms with Gasteiger partial charge in [-0.15, -0.1) is 0 Å². The summed E-state index contributed by atoms with van der Waals surface area (Å²) in [4.78, 5) is 33.7. The number of nitrogens with zero attached hydrogens (tertiary/aromatic N) is 1. The van der Waals surface area contributed by atoms with E-state index in [2.05, 4.69) is 5.32 Å². The lowest BCUT2D eigenvalue weighted by Gasteiger charge is -2.16. The predicted octanol–water partition coefficient (Wildman–Crippen LogP) is 2.25. The SMILES string of the molecule is CC(=O)N[C@H](Cc1ccccc1)C(=O)Oc1ccc([N+](=O)[O-])cc1. The van der Waals surface area contributed by atoms with Crippen LogP contribution in [0.1, 0.15) is 12.5 Å².